The molecule has 0 atom stereocenters. The van der Waals surface area contributed by atoms with Gasteiger partial charge in [-0.3, -0.25) is 14.9 Å². The number of hydrogen-bond donors (Lipinski definition) is 2. The number of amides is 1. The molecule has 0 aliphatic heterocycles. The summed E-state index contributed by atoms with van der Waals surface area (Å²) >= 11 is 0. The fourth-order valence-electron chi connectivity index (χ4n) is 1.88. The van der Waals surface area contributed by atoms with Gasteiger partial charge in [-0.25, -0.2) is 4.39 Å². The van der Waals surface area contributed by atoms with E-state index in [2.05, 4.69) is 5.32 Å². The lowest BCUT2D eigenvalue weighted by Gasteiger charge is -2.11. The van der Waals surface area contributed by atoms with E-state index in [9.17, 15) is 19.3 Å². The van der Waals surface area contributed by atoms with Crippen LogP contribution in [0, 0.1) is 21.3 Å². The van der Waals surface area contributed by atoms with Crippen molar-refractivity contribution in [3.8, 4) is 0 Å². The van der Waals surface area contributed by atoms with E-state index >= 15 is 0 Å². The highest BCUT2D eigenvalue weighted by molar-refractivity contribution is 5.92. The van der Waals surface area contributed by atoms with Crippen LogP contribution in [0.2, 0.25) is 0 Å². The molecule has 2 N–H and O–H groups in total. The van der Waals surface area contributed by atoms with E-state index < -0.39 is 22.3 Å². The van der Waals surface area contributed by atoms with Gasteiger partial charge in [0.05, 0.1) is 23.2 Å². The van der Waals surface area contributed by atoms with Crippen molar-refractivity contribution < 1.29 is 19.2 Å². The molecule has 0 aromatic heterocycles. The minimum Gasteiger partial charge on any atom is -0.396 e. The summed E-state index contributed by atoms with van der Waals surface area (Å²) in [5, 5.41) is 22.6. The Kier molecular flexibility index (Phi) is 4.32. The summed E-state index contributed by atoms with van der Waals surface area (Å²) in [6, 6.07) is 3.14. The SMILES string of the molecule is O=C(/C=C/c1ccc(F)cc1[N+](=O)[O-])NCC1(CO)CC1. The Labute approximate surface area is 120 Å². The van der Waals surface area contributed by atoms with Crippen LogP contribution in [0.3, 0.4) is 0 Å². The van der Waals surface area contributed by atoms with Crippen LogP contribution in [0.15, 0.2) is 24.3 Å². The molecule has 0 heterocycles. The number of halogens is 1. The van der Waals surface area contributed by atoms with E-state index in [1.54, 1.807) is 0 Å². The lowest BCUT2D eigenvalue weighted by molar-refractivity contribution is -0.385. The van der Waals surface area contributed by atoms with Crippen LogP contribution in [0.25, 0.3) is 6.08 Å². The van der Waals surface area contributed by atoms with E-state index in [0.717, 1.165) is 31.1 Å². The highest BCUT2D eigenvalue weighted by Gasteiger charge is 2.41. The van der Waals surface area contributed by atoms with E-state index in [-0.39, 0.29) is 17.6 Å². The quantitative estimate of drug-likeness (QED) is 0.474. The molecule has 1 aliphatic rings. The highest BCUT2D eigenvalue weighted by Crippen LogP contribution is 2.44. The second-order valence-electron chi connectivity index (χ2n) is 5.17. The average molecular weight is 294 g/mol. The second-order valence-corrected chi connectivity index (χ2v) is 5.17. The third kappa shape index (κ3) is 3.85. The topological polar surface area (TPSA) is 92.5 Å². The van der Waals surface area contributed by atoms with Crippen LogP contribution in [0.1, 0.15) is 18.4 Å². The van der Waals surface area contributed by atoms with Gasteiger partial charge in [-0.1, -0.05) is 0 Å². The summed E-state index contributed by atoms with van der Waals surface area (Å²) in [7, 11) is 0. The summed E-state index contributed by atoms with van der Waals surface area (Å²) in [4.78, 5) is 21.7. The van der Waals surface area contributed by atoms with E-state index in [4.69, 9.17) is 5.11 Å². The minimum absolute atomic E-state index is 0.0282. The number of benzene rings is 1. The van der Waals surface area contributed by atoms with Crippen molar-refractivity contribution in [2.75, 3.05) is 13.2 Å². The van der Waals surface area contributed by atoms with Gasteiger partial charge in [0.15, 0.2) is 0 Å². The van der Waals surface area contributed by atoms with Gasteiger partial charge in [0.25, 0.3) is 5.69 Å². The Hall–Kier alpha value is -2.28. The van der Waals surface area contributed by atoms with Crippen LogP contribution >= 0.6 is 0 Å². The molecule has 1 fully saturated rings. The first-order valence-electron chi connectivity index (χ1n) is 6.46. The first-order chi connectivity index (χ1) is 9.96. The molecule has 2 rings (SSSR count). The molecule has 112 valence electrons. The van der Waals surface area contributed by atoms with Gasteiger partial charge >= 0.3 is 0 Å². The number of nitrogens with zero attached hydrogens (tertiary/aromatic N) is 1. The maximum Gasteiger partial charge on any atom is 0.279 e. The molecule has 6 nitrogen and oxygen atoms in total. The van der Waals surface area contributed by atoms with E-state index in [1.807, 2.05) is 0 Å². The van der Waals surface area contributed by atoms with Crippen LogP contribution in [0.4, 0.5) is 10.1 Å². The Balaban J connectivity index is 2.00. The van der Waals surface area contributed by atoms with Gasteiger partial charge in [-0.15, -0.1) is 0 Å². The number of nitrogens with one attached hydrogen (secondary N) is 1. The lowest BCUT2D eigenvalue weighted by atomic mass is 10.1. The van der Waals surface area contributed by atoms with Crippen LogP contribution in [0.5, 0.6) is 0 Å². The molecule has 0 spiro atoms. The average Bonchev–Trinajstić information content (AvgIpc) is 3.24. The summed E-state index contributed by atoms with van der Waals surface area (Å²) < 4.78 is 13.0. The van der Waals surface area contributed by atoms with E-state index in [1.165, 1.54) is 12.1 Å². The summed E-state index contributed by atoms with van der Waals surface area (Å²) in [5.41, 5.74) is -0.446. The Morgan fingerprint density at radius 3 is 2.81 bits per heavy atom. The molecule has 1 aliphatic carbocycles. The summed E-state index contributed by atoms with van der Waals surface area (Å²) in [5.74, 6) is -1.12. The van der Waals surface area contributed by atoms with Crippen molar-refractivity contribution in [2.45, 2.75) is 12.8 Å². The molecule has 1 aromatic rings. The molecule has 0 bridgehead atoms. The monoisotopic (exact) mass is 294 g/mol. The second kappa shape index (κ2) is 6.01. The fraction of sp³-hybridized carbons (Fsp3) is 0.357. The summed E-state index contributed by atoms with van der Waals surface area (Å²) in [6.07, 6.45) is 4.17. The van der Waals surface area contributed by atoms with Gasteiger partial charge in [-0.05, 0) is 31.1 Å². The molecule has 21 heavy (non-hydrogen) atoms. The zero-order chi connectivity index (χ0) is 15.5. The number of nitro benzene ring substituents is 1. The van der Waals surface area contributed by atoms with Gasteiger partial charge in [0.2, 0.25) is 5.91 Å². The molecular weight excluding hydrogens is 279 g/mol. The van der Waals surface area contributed by atoms with Crippen molar-refractivity contribution in [3.63, 3.8) is 0 Å². The zero-order valence-electron chi connectivity index (χ0n) is 11.2. The number of aliphatic hydroxyl groups is 1. The van der Waals surface area contributed by atoms with Crippen LogP contribution in [-0.4, -0.2) is 29.1 Å². The first-order valence-corrected chi connectivity index (χ1v) is 6.46. The number of carbonyl (C=O) groups excluding carboxylic acids is 1. The third-order valence-corrected chi connectivity index (χ3v) is 3.53. The molecule has 1 amide bonds. The number of aliphatic hydroxyl groups excluding tert-OH is 1. The number of nitro groups is 1. The Morgan fingerprint density at radius 1 is 1.52 bits per heavy atom. The van der Waals surface area contributed by atoms with Crippen LogP contribution < -0.4 is 5.32 Å². The zero-order valence-corrected chi connectivity index (χ0v) is 11.2. The van der Waals surface area contributed by atoms with Crippen molar-refractivity contribution in [2.24, 2.45) is 5.41 Å². The van der Waals surface area contributed by atoms with Crippen molar-refractivity contribution in [1.82, 2.24) is 5.32 Å². The maximum atomic E-state index is 13.0. The molecule has 1 saturated carbocycles. The smallest absolute Gasteiger partial charge is 0.279 e. The molecule has 1 aromatic carbocycles. The lowest BCUT2D eigenvalue weighted by Crippen LogP contribution is -2.30. The van der Waals surface area contributed by atoms with Gasteiger partial charge in [0, 0.05) is 18.0 Å². The predicted octanol–water partition coefficient (Wildman–Crippen LogP) is 1.64. The molecule has 0 radical (unpaired) electrons. The number of carbonyl (C=O) groups is 1. The molecule has 0 unspecified atom stereocenters. The fourth-order valence-corrected chi connectivity index (χ4v) is 1.88. The standard InChI is InChI=1S/C14H15FN2O4/c15-11-3-1-10(12(7-11)17(20)21)2-4-13(19)16-8-14(9-18)5-6-14/h1-4,7,18H,5-6,8-9H2,(H,16,19)/b4-2+. The predicted molar refractivity (Wildman–Crippen MR) is 73.9 cm³/mol. The van der Waals surface area contributed by atoms with Crippen molar-refractivity contribution in [3.05, 3.63) is 45.8 Å². The highest BCUT2D eigenvalue weighted by atomic mass is 19.1. The Bertz CT molecular complexity index is 597. The maximum absolute atomic E-state index is 13.0. The molecule has 0 saturated heterocycles. The number of hydrogen-bond acceptors (Lipinski definition) is 4. The Morgan fingerprint density at radius 2 is 2.24 bits per heavy atom. The van der Waals surface area contributed by atoms with Crippen molar-refractivity contribution in [1.29, 1.82) is 0 Å². The largest absolute Gasteiger partial charge is 0.396 e. The molecule has 7 heteroatoms. The first kappa shape index (κ1) is 15.1. The van der Waals surface area contributed by atoms with E-state index in [0.29, 0.717) is 6.54 Å². The van der Waals surface area contributed by atoms with Crippen molar-refractivity contribution >= 4 is 17.7 Å². The summed E-state index contributed by atoms with van der Waals surface area (Å²) in [6.45, 7) is 0.401. The minimum atomic E-state index is -0.707. The molecular formula is C14H15FN2O4. The van der Waals surface area contributed by atoms with Crippen LogP contribution in [-0.2, 0) is 4.79 Å². The van der Waals surface area contributed by atoms with Gasteiger partial charge in [-0.2, -0.15) is 0 Å². The van der Waals surface area contributed by atoms with Gasteiger partial charge in [0.1, 0.15) is 5.82 Å². The normalized spacial score (nSPS) is 15.9. The van der Waals surface area contributed by atoms with Gasteiger partial charge < -0.3 is 10.4 Å². The number of rotatable bonds is 6. The third-order valence-electron chi connectivity index (χ3n) is 3.53.